The third-order valence-corrected chi connectivity index (χ3v) is 4.97. The van der Waals surface area contributed by atoms with Crippen LogP contribution in [0.5, 0.6) is 0 Å². The van der Waals surface area contributed by atoms with Gasteiger partial charge in [0, 0.05) is 34.4 Å². The Bertz CT molecular complexity index is 193. The summed E-state index contributed by atoms with van der Waals surface area (Å²) in [7, 11) is 1.75. The van der Waals surface area contributed by atoms with Crippen LogP contribution in [0.25, 0.3) is 0 Å². The molecular weight excluding hydrogens is 182 g/mol. The molecule has 0 amide bonds. The molecule has 0 aromatic rings. The van der Waals surface area contributed by atoms with E-state index in [0.717, 1.165) is 36.4 Å². The fraction of sp³-hybridized carbons (Fsp3) is 1.00. The van der Waals surface area contributed by atoms with E-state index in [9.17, 15) is 4.21 Å². The van der Waals surface area contributed by atoms with Gasteiger partial charge >= 0.3 is 0 Å². The average molecular weight is 201 g/mol. The van der Waals surface area contributed by atoms with Crippen molar-refractivity contribution in [3.05, 3.63) is 0 Å². The molecule has 76 valence electrons. The standard InChI is InChI=1S/C10H19NOS/c1-11(9-3-2-4-9)10-5-7-13(12)8-6-10/h9-10H,2-8H2,1H3. The lowest BCUT2D eigenvalue weighted by Crippen LogP contribution is -2.46. The summed E-state index contributed by atoms with van der Waals surface area (Å²) in [5, 5.41) is 0. The molecule has 1 aliphatic carbocycles. The van der Waals surface area contributed by atoms with Gasteiger partial charge in [-0.25, -0.2) is 0 Å². The zero-order valence-corrected chi connectivity index (χ0v) is 9.18. The first kappa shape index (κ1) is 9.66. The molecule has 1 aliphatic heterocycles. The van der Waals surface area contributed by atoms with Gasteiger partial charge in [0.1, 0.15) is 0 Å². The average Bonchev–Trinajstić information content (AvgIpc) is 2.02. The third-order valence-electron chi connectivity index (χ3n) is 3.58. The highest BCUT2D eigenvalue weighted by molar-refractivity contribution is 7.85. The predicted octanol–water partition coefficient (Wildman–Crippen LogP) is 1.38. The normalized spacial score (nSPS) is 36.2. The molecule has 2 rings (SSSR count). The zero-order valence-electron chi connectivity index (χ0n) is 8.37. The topological polar surface area (TPSA) is 20.3 Å². The summed E-state index contributed by atoms with van der Waals surface area (Å²) in [6.07, 6.45) is 6.49. The maximum Gasteiger partial charge on any atom is 0.0249 e. The van der Waals surface area contributed by atoms with Gasteiger partial charge in [0.15, 0.2) is 0 Å². The summed E-state index contributed by atoms with van der Waals surface area (Å²) in [5.41, 5.74) is 0. The van der Waals surface area contributed by atoms with Crippen LogP contribution in [0.1, 0.15) is 32.1 Å². The van der Waals surface area contributed by atoms with Crippen LogP contribution < -0.4 is 0 Å². The second-order valence-electron chi connectivity index (χ2n) is 4.33. The lowest BCUT2D eigenvalue weighted by Gasteiger charge is -2.41. The lowest BCUT2D eigenvalue weighted by molar-refractivity contribution is 0.104. The summed E-state index contributed by atoms with van der Waals surface area (Å²) in [6.45, 7) is 0. The quantitative estimate of drug-likeness (QED) is 0.673. The van der Waals surface area contributed by atoms with Crippen molar-refractivity contribution in [2.75, 3.05) is 18.6 Å². The molecular formula is C10H19NOS. The minimum Gasteiger partial charge on any atom is -0.300 e. The van der Waals surface area contributed by atoms with Crippen molar-refractivity contribution in [1.29, 1.82) is 0 Å². The molecule has 1 saturated heterocycles. The summed E-state index contributed by atoms with van der Waals surface area (Å²) < 4.78 is 11.2. The Morgan fingerprint density at radius 2 is 1.62 bits per heavy atom. The lowest BCUT2D eigenvalue weighted by atomic mass is 9.90. The highest BCUT2D eigenvalue weighted by atomic mass is 32.2. The van der Waals surface area contributed by atoms with Gasteiger partial charge in [0.2, 0.25) is 0 Å². The molecule has 13 heavy (non-hydrogen) atoms. The second-order valence-corrected chi connectivity index (χ2v) is 6.03. The van der Waals surface area contributed by atoms with E-state index < -0.39 is 10.8 Å². The maximum absolute atomic E-state index is 11.2. The summed E-state index contributed by atoms with van der Waals surface area (Å²) in [4.78, 5) is 2.54. The van der Waals surface area contributed by atoms with Crippen molar-refractivity contribution in [2.24, 2.45) is 0 Å². The first-order valence-electron chi connectivity index (χ1n) is 5.34. The maximum atomic E-state index is 11.2. The fourth-order valence-corrected chi connectivity index (χ4v) is 3.55. The van der Waals surface area contributed by atoms with Gasteiger partial charge in [-0.05, 0) is 32.7 Å². The fourth-order valence-electron chi connectivity index (χ4n) is 2.28. The Balaban J connectivity index is 1.82. The molecule has 0 spiro atoms. The van der Waals surface area contributed by atoms with Crippen LogP contribution in [0.3, 0.4) is 0 Å². The Morgan fingerprint density at radius 3 is 2.08 bits per heavy atom. The summed E-state index contributed by atoms with van der Waals surface area (Å²) >= 11 is 0. The van der Waals surface area contributed by atoms with Crippen molar-refractivity contribution in [2.45, 2.75) is 44.2 Å². The van der Waals surface area contributed by atoms with Crippen molar-refractivity contribution < 1.29 is 4.21 Å². The van der Waals surface area contributed by atoms with E-state index in [1.54, 1.807) is 0 Å². The van der Waals surface area contributed by atoms with Crippen LogP contribution >= 0.6 is 0 Å². The minimum absolute atomic E-state index is 0.501. The third kappa shape index (κ3) is 2.13. The van der Waals surface area contributed by atoms with E-state index in [-0.39, 0.29) is 0 Å². The van der Waals surface area contributed by atoms with Crippen LogP contribution in [-0.2, 0) is 10.8 Å². The highest BCUT2D eigenvalue weighted by Gasteiger charge is 2.29. The molecule has 0 unspecified atom stereocenters. The molecule has 0 atom stereocenters. The summed E-state index contributed by atoms with van der Waals surface area (Å²) in [6, 6.07) is 1.57. The van der Waals surface area contributed by atoms with E-state index >= 15 is 0 Å². The van der Waals surface area contributed by atoms with Crippen LogP contribution in [0.4, 0.5) is 0 Å². The molecule has 1 heterocycles. The molecule has 2 aliphatic rings. The first-order valence-corrected chi connectivity index (χ1v) is 6.83. The van der Waals surface area contributed by atoms with Crippen molar-refractivity contribution in [3.63, 3.8) is 0 Å². The van der Waals surface area contributed by atoms with Gasteiger partial charge in [0.25, 0.3) is 0 Å². The Hall–Kier alpha value is 0.110. The van der Waals surface area contributed by atoms with Crippen molar-refractivity contribution in [1.82, 2.24) is 4.90 Å². The molecule has 0 N–H and O–H groups in total. The van der Waals surface area contributed by atoms with Gasteiger partial charge in [-0.3, -0.25) is 4.21 Å². The van der Waals surface area contributed by atoms with Crippen LogP contribution in [0.15, 0.2) is 0 Å². The highest BCUT2D eigenvalue weighted by Crippen LogP contribution is 2.28. The molecule has 0 bridgehead atoms. The van der Waals surface area contributed by atoms with Gasteiger partial charge in [0.05, 0.1) is 0 Å². The van der Waals surface area contributed by atoms with Gasteiger partial charge in [-0.1, -0.05) is 6.42 Å². The van der Waals surface area contributed by atoms with E-state index in [0.29, 0.717) is 0 Å². The number of rotatable bonds is 2. The summed E-state index contributed by atoms with van der Waals surface area (Å²) in [5.74, 6) is 1.86. The number of hydrogen-bond acceptors (Lipinski definition) is 2. The van der Waals surface area contributed by atoms with E-state index in [2.05, 4.69) is 11.9 Å². The number of nitrogens with zero attached hydrogens (tertiary/aromatic N) is 1. The van der Waals surface area contributed by atoms with E-state index in [4.69, 9.17) is 0 Å². The SMILES string of the molecule is CN(C1CCC1)C1CCS(=O)CC1. The van der Waals surface area contributed by atoms with Crippen LogP contribution in [-0.4, -0.2) is 39.7 Å². The van der Waals surface area contributed by atoms with Crippen LogP contribution in [0.2, 0.25) is 0 Å². The molecule has 1 saturated carbocycles. The smallest absolute Gasteiger partial charge is 0.0249 e. The monoisotopic (exact) mass is 201 g/mol. The molecule has 0 aromatic heterocycles. The Labute approximate surface area is 83.1 Å². The molecule has 2 nitrogen and oxygen atoms in total. The molecule has 0 aromatic carbocycles. The largest absolute Gasteiger partial charge is 0.300 e. The first-order chi connectivity index (χ1) is 6.27. The van der Waals surface area contributed by atoms with E-state index in [1.165, 1.54) is 19.3 Å². The van der Waals surface area contributed by atoms with Gasteiger partial charge in [-0.2, -0.15) is 0 Å². The number of hydrogen-bond donors (Lipinski definition) is 0. The van der Waals surface area contributed by atoms with Gasteiger partial charge < -0.3 is 4.90 Å². The molecule has 0 radical (unpaired) electrons. The van der Waals surface area contributed by atoms with Crippen molar-refractivity contribution in [3.8, 4) is 0 Å². The molecule has 3 heteroatoms. The molecule has 2 fully saturated rings. The van der Waals surface area contributed by atoms with E-state index in [1.807, 2.05) is 0 Å². The second kappa shape index (κ2) is 4.09. The van der Waals surface area contributed by atoms with Crippen LogP contribution in [0, 0.1) is 0 Å². The zero-order chi connectivity index (χ0) is 9.26. The van der Waals surface area contributed by atoms with Gasteiger partial charge in [-0.15, -0.1) is 0 Å². The minimum atomic E-state index is -0.501. The Kier molecular flexibility index (Phi) is 3.04. The predicted molar refractivity (Wildman–Crippen MR) is 56.3 cm³/mol. The van der Waals surface area contributed by atoms with Crippen molar-refractivity contribution >= 4 is 10.8 Å². The Morgan fingerprint density at radius 1 is 1.08 bits per heavy atom.